The molecule has 1 N–H and O–H groups in total. The number of nitrogens with one attached hydrogen (secondary N) is 1. The SMILES string of the molecule is C1CO[C@@H](CNc2nnc(SCCN3CCOCC3)s2)C1. The second-order valence-electron chi connectivity index (χ2n) is 5.19. The fraction of sp³-hybridized carbons (Fsp3) is 0.846. The molecule has 2 aliphatic rings. The van der Waals surface area contributed by atoms with Crippen molar-refractivity contribution < 1.29 is 9.47 Å². The van der Waals surface area contributed by atoms with Crippen molar-refractivity contribution in [1.29, 1.82) is 0 Å². The number of hydrogen-bond donors (Lipinski definition) is 1. The average Bonchev–Trinajstić information content (AvgIpc) is 3.18. The van der Waals surface area contributed by atoms with Crippen LogP contribution in [-0.4, -0.2) is 73.0 Å². The van der Waals surface area contributed by atoms with Crippen LogP contribution in [-0.2, 0) is 9.47 Å². The molecule has 2 fully saturated rings. The highest BCUT2D eigenvalue weighted by Gasteiger charge is 2.16. The number of anilines is 1. The van der Waals surface area contributed by atoms with Crippen LogP contribution in [0.15, 0.2) is 4.34 Å². The zero-order chi connectivity index (χ0) is 14.3. The van der Waals surface area contributed by atoms with Gasteiger partial charge < -0.3 is 14.8 Å². The number of nitrogens with zero attached hydrogens (tertiary/aromatic N) is 3. The standard InChI is InChI=1S/C13H22N4O2S2/c1-2-11(19-6-1)10-14-12-15-16-13(21-12)20-9-5-17-3-7-18-8-4-17/h11H,1-10H2,(H,14,15)/t11-/m1/s1. The van der Waals surface area contributed by atoms with Crippen LogP contribution in [0.3, 0.4) is 0 Å². The van der Waals surface area contributed by atoms with Crippen LogP contribution in [0.2, 0.25) is 0 Å². The Morgan fingerprint density at radius 1 is 1.29 bits per heavy atom. The maximum Gasteiger partial charge on any atom is 0.206 e. The lowest BCUT2D eigenvalue weighted by Gasteiger charge is -2.25. The highest BCUT2D eigenvalue weighted by atomic mass is 32.2. The molecule has 2 saturated heterocycles. The molecule has 3 rings (SSSR count). The molecule has 0 unspecified atom stereocenters. The first-order valence-electron chi connectivity index (χ1n) is 7.52. The van der Waals surface area contributed by atoms with E-state index in [2.05, 4.69) is 20.4 Å². The monoisotopic (exact) mass is 330 g/mol. The van der Waals surface area contributed by atoms with E-state index in [1.807, 2.05) is 0 Å². The minimum Gasteiger partial charge on any atom is -0.379 e. The van der Waals surface area contributed by atoms with Gasteiger partial charge in [-0.1, -0.05) is 23.1 Å². The topological polar surface area (TPSA) is 59.5 Å². The molecule has 21 heavy (non-hydrogen) atoms. The predicted molar refractivity (Wildman–Crippen MR) is 85.4 cm³/mol. The first-order chi connectivity index (χ1) is 10.4. The Morgan fingerprint density at radius 2 is 2.19 bits per heavy atom. The van der Waals surface area contributed by atoms with Gasteiger partial charge in [-0.25, -0.2) is 0 Å². The summed E-state index contributed by atoms with van der Waals surface area (Å²) in [7, 11) is 0. The predicted octanol–water partition coefficient (Wildman–Crippen LogP) is 1.55. The highest BCUT2D eigenvalue weighted by Crippen LogP contribution is 2.25. The second kappa shape index (κ2) is 8.28. The summed E-state index contributed by atoms with van der Waals surface area (Å²) < 4.78 is 12.0. The van der Waals surface area contributed by atoms with E-state index in [0.29, 0.717) is 6.10 Å². The molecule has 0 radical (unpaired) electrons. The van der Waals surface area contributed by atoms with Crippen molar-refractivity contribution >= 4 is 28.2 Å². The molecule has 0 aliphatic carbocycles. The van der Waals surface area contributed by atoms with Crippen molar-refractivity contribution in [3.63, 3.8) is 0 Å². The van der Waals surface area contributed by atoms with E-state index < -0.39 is 0 Å². The van der Waals surface area contributed by atoms with E-state index in [1.165, 1.54) is 6.42 Å². The summed E-state index contributed by atoms with van der Waals surface area (Å²) in [5, 5.41) is 12.6. The van der Waals surface area contributed by atoms with E-state index in [-0.39, 0.29) is 0 Å². The van der Waals surface area contributed by atoms with Gasteiger partial charge in [0.25, 0.3) is 0 Å². The van der Waals surface area contributed by atoms with E-state index in [9.17, 15) is 0 Å². The molecular formula is C13H22N4O2S2. The molecule has 6 nitrogen and oxygen atoms in total. The van der Waals surface area contributed by atoms with Crippen LogP contribution >= 0.6 is 23.1 Å². The quantitative estimate of drug-likeness (QED) is 0.761. The van der Waals surface area contributed by atoms with Crippen molar-refractivity contribution in [2.24, 2.45) is 0 Å². The van der Waals surface area contributed by atoms with Crippen LogP contribution in [0, 0.1) is 0 Å². The molecule has 0 aromatic carbocycles. The van der Waals surface area contributed by atoms with Gasteiger partial charge in [0.2, 0.25) is 5.13 Å². The third kappa shape index (κ3) is 5.07. The molecule has 0 spiro atoms. The Morgan fingerprint density at radius 3 is 3.00 bits per heavy atom. The summed E-state index contributed by atoms with van der Waals surface area (Å²) in [6, 6.07) is 0. The van der Waals surface area contributed by atoms with E-state index in [1.54, 1.807) is 23.1 Å². The largest absolute Gasteiger partial charge is 0.379 e. The summed E-state index contributed by atoms with van der Waals surface area (Å²) in [5.41, 5.74) is 0. The van der Waals surface area contributed by atoms with Gasteiger partial charge in [0.15, 0.2) is 4.34 Å². The molecule has 2 aliphatic heterocycles. The highest BCUT2D eigenvalue weighted by molar-refractivity contribution is 8.01. The normalized spacial score (nSPS) is 23.5. The number of rotatable bonds is 7. The maximum absolute atomic E-state index is 5.59. The van der Waals surface area contributed by atoms with Gasteiger partial charge >= 0.3 is 0 Å². The lowest BCUT2D eigenvalue weighted by Crippen LogP contribution is -2.37. The molecule has 0 saturated carbocycles. The van der Waals surface area contributed by atoms with Crippen LogP contribution in [0.25, 0.3) is 0 Å². The van der Waals surface area contributed by atoms with Crippen molar-refractivity contribution in [3.8, 4) is 0 Å². The molecule has 1 atom stereocenters. The van der Waals surface area contributed by atoms with Gasteiger partial charge in [-0.15, -0.1) is 10.2 Å². The van der Waals surface area contributed by atoms with Gasteiger partial charge in [-0.3, -0.25) is 4.90 Å². The van der Waals surface area contributed by atoms with Crippen molar-refractivity contribution in [3.05, 3.63) is 0 Å². The Bertz CT molecular complexity index is 420. The molecule has 3 heterocycles. The molecule has 1 aromatic heterocycles. The van der Waals surface area contributed by atoms with Gasteiger partial charge in [-0.2, -0.15) is 0 Å². The molecule has 118 valence electrons. The Balaban J connectivity index is 1.34. The van der Waals surface area contributed by atoms with Crippen LogP contribution in [0.1, 0.15) is 12.8 Å². The van der Waals surface area contributed by atoms with E-state index in [4.69, 9.17) is 9.47 Å². The molecule has 1 aromatic rings. The number of aromatic nitrogens is 2. The van der Waals surface area contributed by atoms with Gasteiger partial charge in [0.05, 0.1) is 19.3 Å². The van der Waals surface area contributed by atoms with Crippen molar-refractivity contribution in [2.75, 3.05) is 57.1 Å². The molecule has 8 heteroatoms. The fourth-order valence-corrected chi connectivity index (χ4v) is 4.26. The van der Waals surface area contributed by atoms with Gasteiger partial charge in [0.1, 0.15) is 0 Å². The van der Waals surface area contributed by atoms with Crippen LogP contribution in [0.4, 0.5) is 5.13 Å². The van der Waals surface area contributed by atoms with Crippen LogP contribution < -0.4 is 5.32 Å². The fourth-order valence-electron chi connectivity index (χ4n) is 2.43. The number of thioether (sulfide) groups is 1. The first-order valence-corrected chi connectivity index (χ1v) is 9.32. The molecule has 0 amide bonds. The van der Waals surface area contributed by atoms with E-state index >= 15 is 0 Å². The Hall–Kier alpha value is -0.410. The Labute approximate surface area is 133 Å². The number of ether oxygens (including phenoxy) is 2. The summed E-state index contributed by atoms with van der Waals surface area (Å²) in [5.74, 6) is 1.06. The lowest BCUT2D eigenvalue weighted by atomic mass is 10.2. The smallest absolute Gasteiger partial charge is 0.206 e. The molecule has 0 bridgehead atoms. The third-order valence-corrected chi connectivity index (χ3v) is 5.64. The minimum atomic E-state index is 0.339. The lowest BCUT2D eigenvalue weighted by molar-refractivity contribution is 0.0410. The van der Waals surface area contributed by atoms with Crippen molar-refractivity contribution in [1.82, 2.24) is 15.1 Å². The zero-order valence-electron chi connectivity index (χ0n) is 12.1. The number of hydrogen-bond acceptors (Lipinski definition) is 8. The Kier molecular flexibility index (Phi) is 6.11. The van der Waals surface area contributed by atoms with Gasteiger partial charge in [0, 0.05) is 38.5 Å². The average molecular weight is 330 g/mol. The summed E-state index contributed by atoms with van der Waals surface area (Å²) >= 11 is 3.42. The summed E-state index contributed by atoms with van der Waals surface area (Å²) in [6.45, 7) is 6.64. The summed E-state index contributed by atoms with van der Waals surface area (Å²) in [6.07, 6.45) is 2.66. The molecular weight excluding hydrogens is 308 g/mol. The maximum atomic E-state index is 5.59. The zero-order valence-corrected chi connectivity index (χ0v) is 13.8. The number of morpholine rings is 1. The second-order valence-corrected chi connectivity index (χ2v) is 7.51. The van der Waals surface area contributed by atoms with E-state index in [0.717, 1.165) is 67.6 Å². The van der Waals surface area contributed by atoms with Gasteiger partial charge in [-0.05, 0) is 12.8 Å². The van der Waals surface area contributed by atoms with Crippen molar-refractivity contribution in [2.45, 2.75) is 23.3 Å². The minimum absolute atomic E-state index is 0.339. The third-order valence-electron chi connectivity index (χ3n) is 3.65. The first kappa shape index (κ1) is 15.5. The summed E-state index contributed by atoms with van der Waals surface area (Å²) in [4.78, 5) is 2.44. The van der Waals surface area contributed by atoms with Crippen LogP contribution in [0.5, 0.6) is 0 Å².